The lowest BCUT2D eigenvalue weighted by Crippen LogP contribution is -2.35. The fourth-order valence-corrected chi connectivity index (χ4v) is 5.89. The molecule has 0 unspecified atom stereocenters. The first kappa shape index (κ1) is 26.6. The number of ether oxygens (including phenoxy) is 2. The molecule has 0 aliphatic carbocycles. The standard InChI is InChI=1S/C32H29N5O3S/c1-20-10-9-11-21(2)29(20)39-17-16-36-22(3)25(24-14-7-8-15-27(24)36)18-26-30(33)37-32(34-31(26)38)41-28(35-37)19-40-23-12-5-4-6-13-23/h4-15,18,33H,16-17,19H2,1-3H3/b26-18+,33-30?. The van der Waals surface area contributed by atoms with Crippen molar-refractivity contribution in [3.8, 4) is 11.5 Å². The molecule has 206 valence electrons. The lowest BCUT2D eigenvalue weighted by molar-refractivity contribution is -0.114. The molecule has 3 aromatic carbocycles. The number of hydrogen-bond acceptors (Lipinski definition) is 6. The first-order valence-corrected chi connectivity index (χ1v) is 14.2. The highest BCUT2D eigenvalue weighted by Gasteiger charge is 2.36. The van der Waals surface area contributed by atoms with Crippen molar-refractivity contribution in [1.82, 2.24) is 9.58 Å². The molecule has 0 bridgehead atoms. The Bertz CT molecular complexity index is 1750. The van der Waals surface area contributed by atoms with E-state index < -0.39 is 5.91 Å². The molecule has 0 atom stereocenters. The summed E-state index contributed by atoms with van der Waals surface area (Å²) in [7, 11) is 0. The number of fused-ring (bicyclic) bond motifs is 2. The van der Waals surface area contributed by atoms with Crippen molar-refractivity contribution >= 4 is 50.7 Å². The molecule has 0 fully saturated rings. The number of rotatable bonds is 8. The van der Waals surface area contributed by atoms with Crippen LogP contribution in [0.2, 0.25) is 0 Å². The van der Waals surface area contributed by atoms with E-state index in [1.807, 2.05) is 61.5 Å². The van der Waals surface area contributed by atoms with Gasteiger partial charge < -0.3 is 14.0 Å². The van der Waals surface area contributed by atoms with Crippen LogP contribution in [0.3, 0.4) is 0 Å². The van der Waals surface area contributed by atoms with E-state index in [2.05, 4.69) is 46.7 Å². The molecule has 3 heterocycles. The summed E-state index contributed by atoms with van der Waals surface area (Å²) in [6.45, 7) is 7.48. The Morgan fingerprint density at radius 1 is 0.927 bits per heavy atom. The minimum atomic E-state index is -0.455. The van der Waals surface area contributed by atoms with Crippen LogP contribution in [0.1, 0.15) is 22.4 Å². The lowest BCUT2D eigenvalue weighted by atomic mass is 10.1. The van der Waals surface area contributed by atoms with Crippen molar-refractivity contribution in [1.29, 1.82) is 5.41 Å². The number of thioether (sulfide) groups is 1. The molecule has 1 aromatic heterocycles. The Balaban J connectivity index is 1.26. The molecule has 2 aliphatic rings. The van der Waals surface area contributed by atoms with Crippen LogP contribution in [0.25, 0.3) is 17.0 Å². The number of aliphatic imine (C=N–C) groups is 1. The van der Waals surface area contributed by atoms with Gasteiger partial charge in [-0.2, -0.15) is 15.1 Å². The third-order valence-corrected chi connectivity index (χ3v) is 8.02. The van der Waals surface area contributed by atoms with E-state index in [0.717, 1.165) is 44.8 Å². The Hall–Kier alpha value is -4.63. The fraction of sp³-hybridized carbons (Fsp3) is 0.188. The van der Waals surface area contributed by atoms with Crippen molar-refractivity contribution < 1.29 is 14.3 Å². The van der Waals surface area contributed by atoms with Crippen molar-refractivity contribution in [2.75, 3.05) is 13.2 Å². The molecule has 4 aromatic rings. The van der Waals surface area contributed by atoms with Gasteiger partial charge in [0.15, 0.2) is 5.84 Å². The summed E-state index contributed by atoms with van der Waals surface area (Å²) in [6.07, 6.45) is 1.77. The zero-order chi connectivity index (χ0) is 28.5. The first-order valence-electron chi connectivity index (χ1n) is 13.3. The van der Waals surface area contributed by atoms with Crippen molar-refractivity contribution in [3.63, 3.8) is 0 Å². The molecule has 41 heavy (non-hydrogen) atoms. The van der Waals surface area contributed by atoms with Crippen molar-refractivity contribution in [2.24, 2.45) is 10.1 Å². The van der Waals surface area contributed by atoms with E-state index in [1.54, 1.807) is 6.08 Å². The number of nitrogens with zero attached hydrogens (tertiary/aromatic N) is 4. The van der Waals surface area contributed by atoms with Gasteiger partial charge in [0.2, 0.25) is 5.17 Å². The summed E-state index contributed by atoms with van der Waals surface area (Å²) in [4.78, 5) is 17.4. The van der Waals surface area contributed by atoms with Gasteiger partial charge in [0, 0.05) is 22.2 Å². The zero-order valence-corrected chi connectivity index (χ0v) is 23.9. The summed E-state index contributed by atoms with van der Waals surface area (Å²) in [6, 6.07) is 23.7. The second-order valence-electron chi connectivity index (χ2n) is 9.85. The third kappa shape index (κ3) is 5.16. The van der Waals surface area contributed by atoms with Crippen LogP contribution in [-0.4, -0.2) is 44.7 Å². The third-order valence-electron chi connectivity index (χ3n) is 7.14. The van der Waals surface area contributed by atoms with E-state index >= 15 is 0 Å². The number of para-hydroxylation sites is 3. The van der Waals surface area contributed by atoms with Gasteiger partial charge in [0.25, 0.3) is 5.91 Å². The number of aryl methyl sites for hydroxylation is 2. The van der Waals surface area contributed by atoms with E-state index in [1.165, 1.54) is 16.8 Å². The minimum Gasteiger partial charge on any atom is -0.491 e. The maximum Gasteiger partial charge on any atom is 0.283 e. The van der Waals surface area contributed by atoms with Crippen LogP contribution in [0.5, 0.6) is 11.5 Å². The van der Waals surface area contributed by atoms with Crippen LogP contribution in [-0.2, 0) is 11.3 Å². The van der Waals surface area contributed by atoms with Crippen molar-refractivity contribution in [2.45, 2.75) is 27.3 Å². The van der Waals surface area contributed by atoms with E-state index in [9.17, 15) is 4.79 Å². The number of amidine groups is 2. The van der Waals surface area contributed by atoms with E-state index in [4.69, 9.17) is 14.9 Å². The summed E-state index contributed by atoms with van der Waals surface area (Å²) in [5.74, 6) is 1.18. The quantitative estimate of drug-likeness (QED) is 0.253. The molecule has 0 saturated heterocycles. The Morgan fingerprint density at radius 2 is 1.66 bits per heavy atom. The van der Waals surface area contributed by atoms with E-state index in [-0.39, 0.29) is 18.0 Å². The summed E-state index contributed by atoms with van der Waals surface area (Å²) in [5.41, 5.74) is 5.31. The number of benzene rings is 3. The highest BCUT2D eigenvalue weighted by molar-refractivity contribution is 8.27. The summed E-state index contributed by atoms with van der Waals surface area (Å²) in [5, 5.41) is 16.8. The number of hydrogen-bond donors (Lipinski definition) is 1. The van der Waals surface area contributed by atoms with Gasteiger partial charge in [-0.3, -0.25) is 10.2 Å². The molecular formula is C32H29N5O3S. The van der Waals surface area contributed by atoms with Crippen LogP contribution >= 0.6 is 11.8 Å². The fourth-order valence-electron chi connectivity index (χ4n) is 5.09. The Kier molecular flexibility index (Phi) is 7.19. The Morgan fingerprint density at radius 3 is 2.44 bits per heavy atom. The summed E-state index contributed by atoms with van der Waals surface area (Å²) < 4.78 is 14.2. The average Bonchev–Trinajstić information content (AvgIpc) is 3.50. The maximum absolute atomic E-state index is 13.1. The molecule has 9 heteroatoms. The largest absolute Gasteiger partial charge is 0.491 e. The van der Waals surface area contributed by atoms with Crippen molar-refractivity contribution in [3.05, 3.63) is 101 Å². The predicted molar refractivity (Wildman–Crippen MR) is 165 cm³/mol. The van der Waals surface area contributed by atoms with Gasteiger partial charge in [-0.05, 0) is 67.9 Å². The summed E-state index contributed by atoms with van der Waals surface area (Å²) >= 11 is 1.24. The molecule has 8 nitrogen and oxygen atoms in total. The predicted octanol–water partition coefficient (Wildman–Crippen LogP) is 6.34. The van der Waals surface area contributed by atoms with Gasteiger partial charge in [-0.25, -0.2) is 0 Å². The lowest BCUT2D eigenvalue weighted by Gasteiger charge is -2.20. The second kappa shape index (κ2) is 11.1. The van der Waals surface area contributed by atoms with Crippen LogP contribution in [0, 0.1) is 26.2 Å². The van der Waals surface area contributed by atoms with Gasteiger partial charge in [-0.15, -0.1) is 0 Å². The van der Waals surface area contributed by atoms with Crippen LogP contribution < -0.4 is 9.47 Å². The number of carbonyl (C=O) groups is 1. The SMILES string of the molecule is Cc1cccc(C)c1OCCn1c(C)c(/C=C2\C(=N)N3N=C(COc4ccccc4)SC3=NC2=O)c2ccccc21. The number of carbonyl (C=O) groups excluding carboxylic acids is 1. The smallest absolute Gasteiger partial charge is 0.283 e. The molecule has 1 amide bonds. The molecule has 0 radical (unpaired) electrons. The molecule has 0 saturated carbocycles. The molecule has 2 aliphatic heterocycles. The molecule has 0 spiro atoms. The normalized spacial score (nSPS) is 15.8. The number of aromatic nitrogens is 1. The number of amides is 1. The minimum absolute atomic E-state index is 0.00296. The number of nitrogens with one attached hydrogen (secondary N) is 1. The van der Waals surface area contributed by atoms with Crippen LogP contribution in [0.15, 0.2) is 88.5 Å². The van der Waals surface area contributed by atoms with E-state index in [0.29, 0.717) is 23.4 Å². The van der Waals surface area contributed by atoms with Gasteiger partial charge in [0.1, 0.15) is 29.8 Å². The molecule has 1 N–H and O–H groups in total. The Labute approximate surface area is 242 Å². The highest BCUT2D eigenvalue weighted by atomic mass is 32.2. The molecule has 6 rings (SSSR count). The first-order chi connectivity index (χ1) is 19.9. The average molecular weight is 564 g/mol. The zero-order valence-electron chi connectivity index (χ0n) is 23.0. The van der Waals surface area contributed by atoms with Crippen LogP contribution in [0.4, 0.5) is 0 Å². The van der Waals surface area contributed by atoms with Gasteiger partial charge >= 0.3 is 0 Å². The highest BCUT2D eigenvalue weighted by Crippen LogP contribution is 2.32. The molecular weight excluding hydrogens is 534 g/mol. The second-order valence-corrected chi connectivity index (χ2v) is 10.9. The topological polar surface area (TPSA) is 92.3 Å². The maximum atomic E-state index is 13.1. The monoisotopic (exact) mass is 563 g/mol. The van der Waals surface area contributed by atoms with Gasteiger partial charge in [-0.1, -0.05) is 54.6 Å². The number of hydrazone groups is 1. The van der Waals surface area contributed by atoms with Gasteiger partial charge in [0.05, 0.1) is 12.1 Å².